The number of benzene rings is 2. The highest BCUT2D eigenvalue weighted by Gasteiger charge is 2.47. The minimum atomic E-state index is -0.364. The molecule has 3 aliphatic rings. The van der Waals surface area contributed by atoms with Crippen molar-refractivity contribution in [3.8, 4) is 5.75 Å². The Labute approximate surface area is 216 Å². The third kappa shape index (κ3) is 4.60. The lowest BCUT2D eigenvalue weighted by molar-refractivity contribution is 0.0562. The number of carbonyl (C=O) groups excluding carboxylic acids is 1. The molecular weight excluding hydrogens is 462 g/mol. The van der Waals surface area contributed by atoms with E-state index in [9.17, 15) is 4.79 Å². The third-order valence-electron chi connectivity index (χ3n) is 7.95. The Hall–Kier alpha value is -2.96. The van der Waals surface area contributed by atoms with E-state index < -0.39 is 0 Å². The van der Waals surface area contributed by atoms with Gasteiger partial charge in [-0.1, -0.05) is 24.3 Å². The van der Waals surface area contributed by atoms with Gasteiger partial charge in [0.2, 0.25) is 0 Å². The molecule has 183 valence electrons. The van der Waals surface area contributed by atoms with Crippen molar-refractivity contribution in [2.75, 3.05) is 13.6 Å². The van der Waals surface area contributed by atoms with Crippen molar-refractivity contribution in [1.82, 2.24) is 15.2 Å². The highest BCUT2D eigenvalue weighted by Crippen LogP contribution is 2.48. The summed E-state index contributed by atoms with van der Waals surface area (Å²) in [6, 6.07) is 14.6. The van der Waals surface area contributed by atoms with E-state index in [0.717, 1.165) is 53.4 Å². The molecule has 1 amide bonds. The number of fused-ring (bicyclic) bond motifs is 1. The minimum Gasteiger partial charge on any atom is -0.493 e. The maximum atomic E-state index is 13.6. The summed E-state index contributed by atoms with van der Waals surface area (Å²) in [6.07, 6.45) is 11.9. The van der Waals surface area contributed by atoms with E-state index >= 15 is 0 Å². The number of amides is 1. The van der Waals surface area contributed by atoms with Gasteiger partial charge >= 0.3 is 0 Å². The predicted octanol–water partition coefficient (Wildman–Crippen LogP) is 4.96. The fourth-order valence-electron chi connectivity index (χ4n) is 5.17. The molecule has 1 aliphatic heterocycles. The largest absolute Gasteiger partial charge is 0.493 e. The molecule has 1 aromatic heterocycles. The average Bonchev–Trinajstić information content (AvgIpc) is 3.79. The molecule has 3 aromatic rings. The van der Waals surface area contributed by atoms with Crippen molar-refractivity contribution < 1.29 is 9.53 Å². The molecule has 2 aromatic carbocycles. The van der Waals surface area contributed by atoms with Gasteiger partial charge < -0.3 is 15.0 Å². The second-order valence-corrected chi connectivity index (χ2v) is 11.3. The number of likely N-dealkylation sites (N-methyl/N-ethyl adjacent to an activating group) is 1. The number of nitrogens with one attached hydrogen (secondary N) is 1. The number of nitrogens with zero attached hydrogens (tertiary/aromatic N) is 2. The van der Waals surface area contributed by atoms with Crippen LogP contribution in [0.2, 0.25) is 0 Å². The van der Waals surface area contributed by atoms with Gasteiger partial charge in [0.25, 0.3) is 5.91 Å². The molecule has 2 atom stereocenters. The molecular formula is C30H32N3O2Si. The molecule has 5 nitrogen and oxygen atoms in total. The van der Waals surface area contributed by atoms with Crippen LogP contribution in [-0.4, -0.2) is 51.4 Å². The number of ether oxygens (including phenoxy) is 1. The predicted molar refractivity (Wildman–Crippen MR) is 144 cm³/mol. The first-order valence-electron chi connectivity index (χ1n) is 13.0. The first kappa shape index (κ1) is 23.4. The Morgan fingerprint density at radius 3 is 2.75 bits per heavy atom. The molecule has 1 saturated heterocycles. The zero-order valence-corrected chi connectivity index (χ0v) is 22.0. The van der Waals surface area contributed by atoms with Gasteiger partial charge in [-0.15, -0.1) is 0 Å². The van der Waals surface area contributed by atoms with Crippen molar-refractivity contribution in [2.24, 2.45) is 5.92 Å². The number of pyridine rings is 1. The van der Waals surface area contributed by atoms with Crippen LogP contribution >= 0.6 is 0 Å². The lowest BCUT2D eigenvalue weighted by Crippen LogP contribution is -2.53. The number of carbonyl (C=O) groups is 1. The van der Waals surface area contributed by atoms with E-state index in [1.165, 1.54) is 12.8 Å². The summed E-state index contributed by atoms with van der Waals surface area (Å²) in [5.41, 5.74) is 4.41. The van der Waals surface area contributed by atoms with Crippen molar-refractivity contribution in [2.45, 2.75) is 56.3 Å². The lowest BCUT2D eigenvalue weighted by atomic mass is 9.95. The summed E-state index contributed by atoms with van der Waals surface area (Å²) in [7, 11) is 5.84. The van der Waals surface area contributed by atoms with Gasteiger partial charge in [0, 0.05) is 23.2 Å². The minimum absolute atomic E-state index is 0.0577. The number of rotatable bonds is 8. The second kappa shape index (κ2) is 9.16. The molecule has 2 aliphatic carbocycles. The van der Waals surface area contributed by atoms with Crippen molar-refractivity contribution in [3.63, 3.8) is 0 Å². The highest BCUT2D eigenvalue weighted by atomic mass is 28.1. The Kier molecular flexibility index (Phi) is 5.96. The fraction of sp³-hybridized carbons (Fsp3) is 0.400. The molecule has 0 unspecified atom stereocenters. The maximum absolute atomic E-state index is 13.6. The smallest absolute Gasteiger partial charge is 0.252 e. The SMILES string of the molecule is Cc1ccc(O[C@@H]([Si])[C@@H]2CCN2C)cc1C(=O)NC1(c2cc(/C=C/C3CC3)cc3ncccc23)CC1. The summed E-state index contributed by atoms with van der Waals surface area (Å²) in [5.74, 6) is 1.36. The summed E-state index contributed by atoms with van der Waals surface area (Å²) >= 11 is 0. The van der Waals surface area contributed by atoms with Gasteiger partial charge in [-0.25, -0.2) is 0 Å². The molecule has 2 saturated carbocycles. The normalized spacial score (nSPS) is 21.8. The first-order valence-corrected chi connectivity index (χ1v) is 13.6. The van der Waals surface area contributed by atoms with E-state index in [1.807, 2.05) is 37.4 Å². The van der Waals surface area contributed by atoms with Gasteiger partial charge in [-0.3, -0.25) is 9.78 Å². The highest BCUT2D eigenvalue weighted by molar-refractivity contribution is 6.11. The first-order chi connectivity index (χ1) is 17.4. The summed E-state index contributed by atoms with van der Waals surface area (Å²) in [6.45, 7) is 3.06. The lowest BCUT2D eigenvalue weighted by Gasteiger charge is -2.41. The zero-order chi connectivity index (χ0) is 24.9. The maximum Gasteiger partial charge on any atom is 0.252 e. The van der Waals surface area contributed by atoms with Gasteiger partial charge in [0.15, 0.2) is 0 Å². The van der Waals surface area contributed by atoms with Crippen LogP contribution < -0.4 is 10.1 Å². The molecule has 36 heavy (non-hydrogen) atoms. The van der Waals surface area contributed by atoms with Crippen molar-refractivity contribution in [3.05, 3.63) is 77.0 Å². The van der Waals surface area contributed by atoms with Crippen LogP contribution in [0.15, 0.2) is 54.7 Å². The van der Waals surface area contributed by atoms with Crippen LogP contribution in [0.5, 0.6) is 5.75 Å². The van der Waals surface area contributed by atoms with E-state index in [4.69, 9.17) is 4.74 Å². The number of aromatic nitrogens is 1. The molecule has 3 radical (unpaired) electrons. The number of likely N-dealkylation sites (tertiary alicyclic amines) is 1. The van der Waals surface area contributed by atoms with Crippen LogP contribution in [0.1, 0.15) is 59.2 Å². The Morgan fingerprint density at radius 2 is 2.06 bits per heavy atom. The number of hydrogen-bond donors (Lipinski definition) is 1. The monoisotopic (exact) mass is 494 g/mol. The topological polar surface area (TPSA) is 54.5 Å². The van der Waals surface area contributed by atoms with Gasteiger partial charge in [-0.2, -0.15) is 0 Å². The van der Waals surface area contributed by atoms with Crippen LogP contribution in [0.4, 0.5) is 0 Å². The molecule has 0 bridgehead atoms. The summed E-state index contributed by atoms with van der Waals surface area (Å²) < 4.78 is 6.17. The van der Waals surface area contributed by atoms with Crippen molar-refractivity contribution >= 4 is 33.1 Å². The number of allylic oxidation sites excluding steroid dienone is 1. The average molecular weight is 495 g/mol. The summed E-state index contributed by atoms with van der Waals surface area (Å²) in [5, 5.41) is 4.51. The molecule has 3 fully saturated rings. The van der Waals surface area contributed by atoms with Gasteiger partial charge in [0.1, 0.15) is 5.75 Å². The summed E-state index contributed by atoms with van der Waals surface area (Å²) in [4.78, 5) is 20.5. The number of hydrogen-bond acceptors (Lipinski definition) is 4. The zero-order valence-electron chi connectivity index (χ0n) is 21.0. The van der Waals surface area contributed by atoms with Crippen LogP contribution in [0, 0.1) is 12.8 Å². The molecule has 0 spiro atoms. The van der Waals surface area contributed by atoms with Gasteiger partial charge in [-0.05, 0) is 106 Å². The third-order valence-corrected chi connectivity index (χ3v) is 8.46. The van der Waals surface area contributed by atoms with Crippen LogP contribution in [-0.2, 0) is 5.54 Å². The molecule has 6 heteroatoms. The van der Waals surface area contributed by atoms with Crippen molar-refractivity contribution in [1.29, 1.82) is 0 Å². The molecule has 1 N–H and O–H groups in total. The second-order valence-electron chi connectivity index (χ2n) is 10.7. The van der Waals surface area contributed by atoms with E-state index in [0.29, 0.717) is 23.3 Å². The van der Waals surface area contributed by atoms with E-state index in [2.05, 4.69) is 62.8 Å². The van der Waals surface area contributed by atoms with Crippen LogP contribution in [0.3, 0.4) is 0 Å². The van der Waals surface area contributed by atoms with E-state index in [-0.39, 0.29) is 17.2 Å². The van der Waals surface area contributed by atoms with E-state index in [1.54, 1.807) is 0 Å². The Morgan fingerprint density at radius 1 is 1.22 bits per heavy atom. The Balaban J connectivity index is 1.27. The van der Waals surface area contributed by atoms with Gasteiger partial charge in [0.05, 0.1) is 27.0 Å². The quantitative estimate of drug-likeness (QED) is 0.450. The Bertz CT molecular complexity index is 1350. The number of aryl methyl sites for hydroxylation is 1. The molecule has 6 rings (SSSR count). The molecule has 2 heterocycles. The van der Waals surface area contributed by atoms with Crippen LogP contribution in [0.25, 0.3) is 17.0 Å². The fourth-order valence-corrected chi connectivity index (χ4v) is 5.72. The standard InChI is InChI=1S/C30H32N3O2Si/c1-19-5-10-22(35-29(36)27-11-15-33(27)2)18-24(19)28(34)32-30(12-13-30)25-16-21(9-8-20-6-7-20)17-26-23(25)4-3-14-31-26/h3-5,8-10,14,16-18,20,27,29H,6-7,11-13,15H2,1-2H3,(H,32,34)/b9-8+/t27-,29-/m0/s1.